The highest BCUT2D eigenvalue weighted by molar-refractivity contribution is 9.10. The minimum absolute atomic E-state index is 0.00697. The van der Waals surface area contributed by atoms with Gasteiger partial charge in [0.1, 0.15) is 5.82 Å². The molecule has 0 saturated heterocycles. The van der Waals surface area contributed by atoms with Crippen LogP contribution in [0.2, 0.25) is 5.02 Å². The molecule has 1 fully saturated rings. The standard InChI is InChI=1S/C15H20BrClFNS/c1-19-13(9-20-10-5-3-2-4-6-10)11-7-8-12(16)14(17)15(11)18/h7-8,10,13,19H,2-6,9H2,1H3. The lowest BCUT2D eigenvalue weighted by molar-refractivity contribution is 0.514. The van der Waals surface area contributed by atoms with Crippen LogP contribution < -0.4 is 5.32 Å². The van der Waals surface area contributed by atoms with E-state index in [-0.39, 0.29) is 16.9 Å². The molecule has 112 valence electrons. The first-order valence-electron chi connectivity index (χ1n) is 7.05. The van der Waals surface area contributed by atoms with E-state index in [1.807, 2.05) is 30.9 Å². The van der Waals surface area contributed by atoms with E-state index in [4.69, 9.17) is 11.6 Å². The highest BCUT2D eigenvalue weighted by Crippen LogP contribution is 2.34. The minimum atomic E-state index is -0.315. The summed E-state index contributed by atoms with van der Waals surface area (Å²) in [5.41, 5.74) is 0.656. The van der Waals surface area contributed by atoms with Gasteiger partial charge in [0, 0.05) is 27.1 Å². The normalized spacial score (nSPS) is 18.2. The molecule has 1 nitrogen and oxygen atoms in total. The summed E-state index contributed by atoms with van der Waals surface area (Å²) in [5.74, 6) is 0.570. The number of nitrogens with one attached hydrogen (secondary N) is 1. The molecule has 0 radical (unpaired) electrons. The van der Waals surface area contributed by atoms with Crippen LogP contribution in [0.4, 0.5) is 4.39 Å². The van der Waals surface area contributed by atoms with Crippen LogP contribution in [0.5, 0.6) is 0 Å². The van der Waals surface area contributed by atoms with Gasteiger partial charge in [-0.05, 0) is 41.9 Å². The highest BCUT2D eigenvalue weighted by atomic mass is 79.9. The molecule has 0 spiro atoms. The van der Waals surface area contributed by atoms with Crippen LogP contribution in [0.15, 0.2) is 16.6 Å². The fourth-order valence-corrected chi connectivity index (χ4v) is 4.56. The predicted molar refractivity (Wildman–Crippen MR) is 90.2 cm³/mol. The molecule has 1 unspecified atom stereocenters. The van der Waals surface area contributed by atoms with Crippen LogP contribution in [0.25, 0.3) is 0 Å². The average molecular weight is 381 g/mol. The zero-order valence-electron chi connectivity index (χ0n) is 11.6. The second kappa shape index (κ2) is 8.02. The van der Waals surface area contributed by atoms with Gasteiger partial charge >= 0.3 is 0 Å². The topological polar surface area (TPSA) is 12.0 Å². The van der Waals surface area contributed by atoms with Crippen molar-refractivity contribution in [1.29, 1.82) is 0 Å². The van der Waals surface area contributed by atoms with Crippen LogP contribution in [0, 0.1) is 5.82 Å². The number of rotatable bonds is 5. The van der Waals surface area contributed by atoms with Crippen molar-refractivity contribution < 1.29 is 4.39 Å². The fourth-order valence-electron chi connectivity index (χ4n) is 2.60. The molecule has 1 aromatic rings. The lowest BCUT2D eigenvalue weighted by atomic mass is 10.0. The number of halogens is 3. The third-order valence-corrected chi connectivity index (χ3v) is 6.57. The van der Waals surface area contributed by atoms with Gasteiger partial charge in [-0.1, -0.05) is 36.9 Å². The van der Waals surface area contributed by atoms with Gasteiger partial charge in [-0.3, -0.25) is 0 Å². The maximum Gasteiger partial charge on any atom is 0.147 e. The summed E-state index contributed by atoms with van der Waals surface area (Å²) in [6.45, 7) is 0. The molecule has 1 N–H and O–H groups in total. The molecule has 1 aliphatic carbocycles. The lowest BCUT2D eigenvalue weighted by Gasteiger charge is -2.24. The first kappa shape index (κ1) is 16.6. The van der Waals surface area contributed by atoms with Crippen molar-refractivity contribution in [2.45, 2.75) is 43.4 Å². The van der Waals surface area contributed by atoms with E-state index in [0.29, 0.717) is 10.0 Å². The summed E-state index contributed by atoms with van der Waals surface area (Å²) in [4.78, 5) is 0. The summed E-state index contributed by atoms with van der Waals surface area (Å²) < 4.78 is 14.9. The van der Waals surface area contributed by atoms with E-state index < -0.39 is 0 Å². The van der Waals surface area contributed by atoms with Crippen LogP contribution in [-0.2, 0) is 0 Å². The van der Waals surface area contributed by atoms with E-state index in [0.717, 1.165) is 11.0 Å². The van der Waals surface area contributed by atoms with Crippen molar-refractivity contribution in [3.05, 3.63) is 33.0 Å². The molecular weight excluding hydrogens is 361 g/mol. The Morgan fingerprint density at radius 3 is 2.75 bits per heavy atom. The van der Waals surface area contributed by atoms with Crippen LogP contribution >= 0.6 is 39.3 Å². The van der Waals surface area contributed by atoms with Gasteiger partial charge in [-0.15, -0.1) is 0 Å². The average Bonchev–Trinajstić information content (AvgIpc) is 2.48. The Balaban J connectivity index is 2.02. The van der Waals surface area contributed by atoms with Gasteiger partial charge in [0.05, 0.1) is 5.02 Å². The summed E-state index contributed by atoms with van der Waals surface area (Å²) in [7, 11) is 1.88. The molecule has 0 amide bonds. The van der Waals surface area contributed by atoms with Crippen LogP contribution in [-0.4, -0.2) is 18.1 Å². The van der Waals surface area contributed by atoms with Gasteiger partial charge in [-0.25, -0.2) is 4.39 Å². The zero-order chi connectivity index (χ0) is 14.5. The first-order chi connectivity index (χ1) is 9.63. The van der Waals surface area contributed by atoms with Gasteiger partial charge in [0.25, 0.3) is 0 Å². The maximum atomic E-state index is 14.3. The molecule has 20 heavy (non-hydrogen) atoms. The molecule has 1 aromatic carbocycles. The van der Waals surface area contributed by atoms with Gasteiger partial charge < -0.3 is 5.32 Å². The summed E-state index contributed by atoms with van der Waals surface area (Å²) >= 11 is 11.2. The van der Waals surface area contributed by atoms with Crippen molar-refractivity contribution in [2.75, 3.05) is 12.8 Å². The van der Waals surface area contributed by atoms with Crippen molar-refractivity contribution >= 4 is 39.3 Å². The number of hydrogen-bond donors (Lipinski definition) is 1. The second-order valence-electron chi connectivity index (χ2n) is 5.20. The largest absolute Gasteiger partial charge is 0.312 e. The smallest absolute Gasteiger partial charge is 0.147 e. The molecule has 0 heterocycles. The van der Waals surface area contributed by atoms with Crippen molar-refractivity contribution in [2.24, 2.45) is 0 Å². The Kier molecular flexibility index (Phi) is 6.66. The molecule has 2 rings (SSSR count). The molecular formula is C15H20BrClFNS. The number of benzene rings is 1. The molecule has 1 aliphatic rings. The summed E-state index contributed by atoms with van der Waals surface area (Å²) in [6, 6.07) is 3.64. The van der Waals surface area contributed by atoms with Crippen molar-refractivity contribution in [3.63, 3.8) is 0 Å². The zero-order valence-corrected chi connectivity index (χ0v) is 14.8. The second-order valence-corrected chi connectivity index (χ2v) is 7.76. The Morgan fingerprint density at radius 1 is 1.40 bits per heavy atom. The van der Waals surface area contributed by atoms with E-state index in [1.165, 1.54) is 32.1 Å². The Morgan fingerprint density at radius 2 is 2.10 bits per heavy atom. The molecule has 1 saturated carbocycles. The third-order valence-electron chi connectivity index (χ3n) is 3.84. The van der Waals surface area contributed by atoms with Crippen molar-refractivity contribution in [3.8, 4) is 0 Å². The van der Waals surface area contributed by atoms with E-state index in [2.05, 4.69) is 21.2 Å². The summed E-state index contributed by atoms with van der Waals surface area (Å²) in [5, 5.41) is 4.11. The monoisotopic (exact) mass is 379 g/mol. The molecule has 1 atom stereocenters. The molecule has 0 aromatic heterocycles. The third kappa shape index (κ3) is 4.12. The quantitative estimate of drug-likeness (QED) is 0.670. The van der Waals surface area contributed by atoms with Gasteiger partial charge in [-0.2, -0.15) is 11.8 Å². The highest BCUT2D eigenvalue weighted by Gasteiger charge is 2.20. The molecule has 0 bridgehead atoms. The maximum absolute atomic E-state index is 14.3. The Labute approximate surface area is 138 Å². The SMILES string of the molecule is CNC(CSC1CCCCC1)c1ccc(Br)c(Cl)c1F. The predicted octanol–water partition coefficient (Wildman–Crippen LogP) is 5.57. The number of hydrogen-bond acceptors (Lipinski definition) is 2. The first-order valence-corrected chi connectivity index (χ1v) is 9.27. The van der Waals surface area contributed by atoms with E-state index in [9.17, 15) is 4.39 Å². The summed E-state index contributed by atoms with van der Waals surface area (Å²) in [6.07, 6.45) is 6.62. The lowest BCUT2D eigenvalue weighted by Crippen LogP contribution is -2.22. The number of thioether (sulfide) groups is 1. The van der Waals surface area contributed by atoms with Crippen LogP contribution in [0.1, 0.15) is 43.7 Å². The fraction of sp³-hybridized carbons (Fsp3) is 0.600. The van der Waals surface area contributed by atoms with Crippen LogP contribution in [0.3, 0.4) is 0 Å². The Bertz CT molecular complexity index is 452. The molecule has 0 aliphatic heterocycles. The van der Waals surface area contributed by atoms with E-state index in [1.54, 1.807) is 0 Å². The minimum Gasteiger partial charge on any atom is -0.312 e. The Hall–Kier alpha value is 0.230. The van der Waals surface area contributed by atoms with Gasteiger partial charge in [0.15, 0.2) is 0 Å². The van der Waals surface area contributed by atoms with E-state index >= 15 is 0 Å². The van der Waals surface area contributed by atoms with Gasteiger partial charge in [0.2, 0.25) is 0 Å². The van der Waals surface area contributed by atoms with Crippen molar-refractivity contribution in [1.82, 2.24) is 5.32 Å². The molecule has 5 heteroatoms.